The molecule has 0 unspecified atom stereocenters. The van der Waals surface area contributed by atoms with Gasteiger partial charge in [0, 0.05) is 23.0 Å². The van der Waals surface area contributed by atoms with Crippen LogP contribution in [0.1, 0.15) is 22.8 Å². The molecule has 0 aliphatic heterocycles. The maximum absolute atomic E-state index is 12.3. The van der Waals surface area contributed by atoms with Gasteiger partial charge >= 0.3 is 5.97 Å². The Morgan fingerprint density at radius 1 is 1.18 bits per heavy atom. The van der Waals surface area contributed by atoms with Crippen molar-refractivity contribution in [3.05, 3.63) is 64.1 Å². The van der Waals surface area contributed by atoms with Crippen LogP contribution in [0.25, 0.3) is 0 Å². The van der Waals surface area contributed by atoms with Gasteiger partial charge in [-0.25, -0.2) is 0 Å². The summed E-state index contributed by atoms with van der Waals surface area (Å²) in [5.74, 6) is -0.945. The minimum Gasteiger partial charge on any atom is -0.497 e. The Balaban J connectivity index is 1.84. The first-order chi connectivity index (χ1) is 13.4. The molecule has 7 heteroatoms. The fourth-order valence-corrected chi connectivity index (χ4v) is 2.95. The van der Waals surface area contributed by atoms with Crippen molar-refractivity contribution in [2.45, 2.75) is 19.4 Å². The number of aliphatic hydroxyl groups is 1. The van der Waals surface area contributed by atoms with Gasteiger partial charge in [-0.1, -0.05) is 34.1 Å². The maximum Gasteiger partial charge on any atom is 0.313 e. The first-order valence-corrected chi connectivity index (χ1v) is 9.71. The molecule has 0 aliphatic carbocycles. The number of methoxy groups -OCH3 is 1. The van der Waals surface area contributed by atoms with E-state index in [2.05, 4.69) is 21.2 Å². The summed E-state index contributed by atoms with van der Waals surface area (Å²) in [6.07, 6.45) is -0.400. The van der Waals surface area contributed by atoms with E-state index in [0.717, 1.165) is 15.8 Å². The third-order valence-corrected chi connectivity index (χ3v) is 4.74. The Morgan fingerprint density at radius 3 is 2.50 bits per heavy atom. The van der Waals surface area contributed by atoms with Gasteiger partial charge in [-0.3, -0.25) is 9.59 Å². The lowest BCUT2D eigenvalue weighted by Gasteiger charge is -2.19. The van der Waals surface area contributed by atoms with Gasteiger partial charge in [0.15, 0.2) is 0 Å². The van der Waals surface area contributed by atoms with Gasteiger partial charge in [0.1, 0.15) is 5.75 Å². The van der Waals surface area contributed by atoms with Crippen molar-refractivity contribution < 1.29 is 24.2 Å². The van der Waals surface area contributed by atoms with Crippen molar-refractivity contribution in [3.8, 4) is 5.75 Å². The largest absolute Gasteiger partial charge is 0.497 e. The average molecular weight is 450 g/mol. The first-order valence-electron chi connectivity index (χ1n) is 8.92. The standard InChI is InChI=1S/C21H24BrNO5/c1-14(24)19(13-23-20(25)16-4-3-5-17(22)12-16)21(26)28-11-10-15-6-8-18(27-2)9-7-15/h3-9,12,14,19,24H,10-11,13H2,1-2H3,(H,23,25)/t14-,19+/m1/s1. The zero-order valence-corrected chi connectivity index (χ0v) is 17.4. The van der Waals surface area contributed by atoms with Crippen LogP contribution in [0.4, 0.5) is 0 Å². The van der Waals surface area contributed by atoms with Gasteiger partial charge in [0.2, 0.25) is 0 Å². The SMILES string of the molecule is COc1ccc(CCOC(=O)[C@@H](CNC(=O)c2cccc(Br)c2)[C@@H](C)O)cc1. The minimum absolute atomic E-state index is 0.00954. The molecule has 150 valence electrons. The van der Waals surface area contributed by atoms with Crippen molar-refractivity contribution in [2.24, 2.45) is 5.92 Å². The molecular formula is C21H24BrNO5. The lowest BCUT2D eigenvalue weighted by molar-refractivity contribution is -0.151. The van der Waals surface area contributed by atoms with Crippen molar-refractivity contribution >= 4 is 27.8 Å². The van der Waals surface area contributed by atoms with E-state index in [4.69, 9.17) is 9.47 Å². The lowest BCUT2D eigenvalue weighted by Crippen LogP contribution is -2.39. The average Bonchev–Trinajstić information content (AvgIpc) is 2.68. The molecule has 0 heterocycles. The van der Waals surface area contributed by atoms with E-state index >= 15 is 0 Å². The van der Waals surface area contributed by atoms with Crippen LogP contribution in [0.15, 0.2) is 53.0 Å². The summed E-state index contributed by atoms with van der Waals surface area (Å²) in [6, 6.07) is 14.4. The van der Waals surface area contributed by atoms with Crippen molar-refractivity contribution in [2.75, 3.05) is 20.3 Å². The topological polar surface area (TPSA) is 84.9 Å². The molecule has 2 aromatic rings. The van der Waals surface area contributed by atoms with Gasteiger partial charge in [0.25, 0.3) is 5.91 Å². The Morgan fingerprint density at radius 2 is 1.89 bits per heavy atom. The second-order valence-corrected chi connectivity index (χ2v) is 7.25. The number of hydrogen-bond donors (Lipinski definition) is 2. The number of amides is 1. The van der Waals surface area contributed by atoms with E-state index in [9.17, 15) is 14.7 Å². The van der Waals surface area contributed by atoms with Crippen LogP contribution in [0.2, 0.25) is 0 Å². The highest BCUT2D eigenvalue weighted by atomic mass is 79.9. The van der Waals surface area contributed by atoms with Gasteiger partial charge in [-0.05, 0) is 42.8 Å². The smallest absolute Gasteiger partial charge is 0.313 e. The second kappa shape index (κ2) is 10.8. The number of ether oxygens (including phenoxy) is 2. The monoisotopic (exact) mass is 449 g/mol. The highest BCUT2D eigenvalue weighted by Gasteiger charge is 2.26. The highest BCUT2D eigenvalue weighted by Crippen LogP contribution is 2.13. The number of esters is 1. The van der Waals surface area contributed by atoms with Crippen LogP contribution in [0.3, 0.4) is 0 Å². The molecule has 2 aromatic carbocycles. The van der Waals surface area contributed by atoms with Gasteiger partial charge in [-0.2, -0.15) is 0 Å². The molecule has 0 fully saturated rings. The van der Waals surface area contributed by atoms with Gasteiger partial charge in [-0.15, -0.1) is 0 Å². The van der Waals surface area contributed by atoms with Crippen molar-refractivity contribution in [3.63, 3.8) is 0 Å². The van der Waals surface area contributed by atoms with E-state index in [-0.39, 0.29) is 19.1 Å². The molecule has 0 saturated heterocycles. The summed E-state index contributed by atoms with van der Waals surface area (Å²) in [6.45, 7) is 1.68. The summed E-state index contributed by atoms with van der Waals surface area (Å²) in [5, 5.41) is 12.6. The Labute approximate surface area is 173 Å². The predicted molar refractivity (Wildman–Crippen MR) is 109 cm³/mol. The fourth-order valence-electron chi connectivity index (χ4n) is 2.55. The molecule has 0 aliphatic rings. The van der Waals surface area contributed by atoms with E-state index in [0.29, 0.717) is 12.0 Å². The number of halogens is 1. The molecule has 2 rings (SSSR count). The molecule has 0 saturated carbocycles. The van der Waals surface area contributed by atoms with Crippen LogP contribution in [0, 0.1) is 5.92 Å². The van der Waals surface area contributed by atoms with E-state index in [1.54, 1.807) is 25.3 Å². The molecule has 0 aromatic heterocycles. The summed E-state index contributed by atoms with van der Waals surface area (Å²) < 4.78 is 11.2. The number of hydrogen-bond acceptors (Lipinski definition) is 5. The molecule has 0 radical (unpaired) electrons. The van der Waals surface area contributed by atoms with E-state index in [1.807, 2.05) is 30.3 Å². The van der Waals surface area contributed by atoms with Crippen LogP contribution >= 0.6 is 15.9 Å². The number of rotatable bonds is 9. The zero-order chi connectivity index (χ0) is 20.5. The number of carbonyl (C=O) groups is 2. The molecule has 2 atom stereocenters. The number of nitrogens with one attached hydrogen (secondary N) is 1. The molecule has 0 bridgehead atoms. The summed E-state index contributed by atoms with van der Waals surface area (Å²) >= 11 is 3.31. The summed E-state index contributed by atoms with van der Waals surface area (Å²) in [4.78, 5) is 24.5. The third-order valence-electron chi connectivity index (χ3n) is 4.25. The summed E-state index contributed by atoms with van der Waals surface area (Å²) in [5.41, 5.74) is 1.47. The fraction of sp³-hybridized carbons (Fsp3) is 0.333. The number of benzene rings is 2. The molecule has 28 heavy (non-hydrogen) atoms. The van der Waals surface area contributed by atoms with Crippen molar-refractivity contribution in [1.82, 2.24) is 5.32 Å². The predicted octanol–water partition coefficient (Wildman–Crippen LogP) is 2.97. The molecule has 0 spiro atoms. The highest BCUT2D eigenvalue weighted by molar-refractivity contribution is 9.10. The normalized spacial score (nSPS) is 12.7. The molecule has 6 nitrogen and oxygen atoms in total. The number of aliphatic hydroxyl groups excluding tert-OH is 1. The first kappa shape index (κ1) is 21.9. The Kier molecular flexibility index (Phi) is 8.47. The Hall–Kier alpha value is -2.38. The van der Waals surface area contributed by atoms with Crippen molar-refractivity contribution in [1.29, 1.82) is 0 Å². The van der Waals surface area contributed by atoms with Gasteiger partial charge < -0.3 is 19.9 Å². The van der Waals surface area contributed by atoms with E-state index in [1.165, 1.54) is 6.92 Å². The van der Waals surface area contributed by atoms with Crippen LogP contribution < -0.4 is 10.1 Å². The lowest BCUT2D eigenvalue weighted by atomic mass is 10.0. The maximum atomic E-state index is 12.3. The van der Waals surface area contributed by atoms with E-state index < -0.39 is 18.0 Å². The molecule has 1 amide bonds. The van der Waals surface area contributed by atoms with Crippen LogP contribution in [0.5, 0.6) is 5.75 Å². The second-order valence-electron chi connectivity index (χ2n) is 6.33. The molecule has 2 N–H and O–H groups in total. The minimum atomic E-state index is -0.948. The zero-order valence-electron chi connectivity index (χ0n) is 15.9. The molecular weight excluding hydrogens is 426 g/mol. The summed E-state index contributed by atoms with van der Waals surface area (Å²) in [7, 11) is 1.60. The van der Waals surface area contributed by atoms with Crippen LogP contribution in [-0.4, -0.2) is 43.3 Å². The quantitative estimate of drug-likeness (QED) is 0.574. The third kappa shape index (κ3) is 6.65. The van der Waals surface area contributed by atoms with Gasteiger partial charge in [0.05, 0.1) is 25.7 Å². The number of carbonyl (C=O) groups excluding carboxylic acids is 2. The Bertz CT molecular complexity index is 792. The van der Waals surface area contributed by atoms with Crippen LogP contribution in [-0.2, 0) is 16.0 Å².